The molecule has 0 aromatic carbocycles. The number of rotatable bonds is 4. The quantitative estimate of drug-likeness (QED) is 0.888. The van der Waals surface area contributed by atoms with Gasteiger partial charge in [-0.3, -0.25) is 14.7 Å². The van der Waals surface area contributed by atoms with E-state index in [0.717, 1.165) is 63.3 Å². The van der Waals surface area contributed by atoms with Crippen molar-refractivity contribution in [3.05, 3.63) is 36.7 Å². The summed E-state index contributed by atoms with van der Waals surface area (Å²) >= 11 is 0. The number of likely N-dealkylation sites (tertiary alicyclic amines) is 1. The predicted octanol–water partition coefficient (Wildman–Crippen LogP) is 1.85. The SMILES string of the molecule is NC(=O)C1(N2CCCCC2)CCN(c2nccc(-c3ccccn3)n2)CC1. The molecule has 2 aromatic heterocycles. The molecule has 142 valence electrons. The minimum atomic E-state index is -0.518. The highest BCUT2D eigenvalue weighted by Crippen LogP contribution is 2.32. The van der Waals surface area contributed by atoms with Gasteiger partial charge < -0.3 is 10.6 Å². The van der Waals surface area contributed by atoms with Crippen LogP contribution >= 0.6 is 0 Å². The molecule has 0 saturated carbocycles. The number of primary amides is 1. The number of aromatic nitrogens is 3. The van der Waals surface area contributed by atoms with Crippen molar-refractivity contribution in [3.63, 3.8) is 0 Å². The third-order valence-corrected chi connectivity index (χ3v) is 5.86. The molecular formula is C20H26N6O. The van der Waals surface area contributed by atoms with Crippen LogP contribution in [0.2, 0.25) is 0 Å². The highest BCUT2D eigenvalue weighted by molar-refractivity contribution is 5.85. The minimum Gasteiger partial charge on any atom is -0.368 e. The van der Waals surface area contributed by atoms with Gasteiger partial charge in [-0.25, -0.2) is 9.97 Å². The first-order chi connectivity index (χ1) is 13.2. The lowest BCUT2D eigenvalue weighted by molar-refractivity contribution is -0.132. The van der Waals surface area contributed by atoms with Gasteiger partial charge >= 0.3 is 0 Å². The Morgan fingerprint density at radius 1 is 0.926 bits per heavy atom. The van der Waals surface area contributed by atoms with Gasteiger partial charge in [0.15, 0.2) is 0 Å². The number of nitrogens with two attached hydrogens (primary N) is 1. The maximum absolute atomic E-state index is 12.4. The number of carbonyl (C=O) groups is 1. The largest absolute Gasteiger partial charge is 0.368 e. The number of pyridine rings is 1. The second-order valence-electron chi connectivity index (χ2n) is 7.39. The molecule has 2 aliphatic rings. The summed E-state index contributed by atoms with van der Waals surface area (Å²) in [6.45, 7) is 3.39. The summed E-state index contributed by atoms with van der Waals surface area (Å²) < 4.78 is 0. The monoisotopic (exact) mass is 366 g/mol. The molecule has 1 amide bonds. The van der Waals surface area contributed by atoms with Crippen LogP contribution in [0.5, 0.6) is 0 Å². The molecule has 27 heavy (non-hydrogen) atoms. The second-order valence-corrected chi connectivity index (χ2v) is 7.39. The Bertz CT molecular complexity index is 782. The zero-order chi connectivity index (χ0) is 18.7. The molecule has 2 N–H and O–H groups in total. The summed E-state index contributed by atoms with van der Waals surface area (Å²) in [7, 11) is 0. The first kappa shape index (κ1) is 17.9. The van der Waals surface area contributed by atoms with Gasteiger partial charge in [0.1, 0.15) is 5.54 Å². The summed E-state index contributed by atoms with van der Waals surface area (Å²) in [6, 6.07) is 7.65. The smallest absolute Gasteiger partial charge is 0.238 e. The number of anilines is 1. The number of piperidine rings is 2. The van der Waals surface area contributed by atoms with Crippen LogP contribution in [0.1, 0.15) is 32.1 Å². The maximum atomic E-state index is 12.4. The Kier molecular flexibility index (Phi) is 5.03. The molecule has 0 aliphatic carbocycles. The van der Waals surface area contributed by atoms with Gasteiger partial charge in [-0.15, -0.1) is 0 Å². The van der Waals surface area contributed by atoms with Gasteiger partial charge in [-0.1, -0.05) is 12.5 Å². The Balaban J connectivity index is 1.51. The van der Waals surface area contributed by atoms with Gasteiger partial charge in [0.05, 0.1) is 11.4 Å². The third kappa shape index (κ3) is 3.51. The molecule has 2 aliphatic heterocycles. The lowest BCUT2D eigenvalue weighted by atomic mass is 9.83. The van der Waals surface area contributed by atoms with Crippen molar-refractivity contribution in [3.8, 4) is 11.4 Å². The molecule has 2 aromatic rings. The van der Waals surface area contributed by atoms with E-state index in [1.165, 1.54) is 6.42 Å². The normalized spacial score (nSPS) is 20.4. The molecule has 0 spiro atoms. The summed E-state index contributed by atoms with van der Waals surface area (Å²) in [4.78, 5) is 30.4. The van der Waals surface area contributed by atoms with Gasteiger partial charge in [0.25, 0.3) is 0 Å². The minimum absolute atomic E-state index is 0.188. The molecule has 0 unspecified atom stereocenters. The summed E-state index contributed by atoms with van der Waals surface area (Å²) in [5.41, 5.74) is 7.00. The van der Waals surface area contributed by atoms with Gasteiger partial charge in [0, 0.05) is 25.5 Å². The van der Waals surface area contributed by atoms with E-state index in [1.54, 1.807) is 12.4 Å². The van der Waals surface area contributed by atoms with Crippen LogP contribution in [0.25, 0.3) is 11.4 Å². The molecule has 4 rings (SSSR count). The van der Waals surface area contributed by atoms with E-state index in [-0.39, 0.29) is 5.91 Å². The van der Waals surface area contributed by atoms with Crippen molar-refractivity contribution < 1.29 is 4.79 Å². The lowest BCUT2D eigenvalue weighted by Gasteiger charge is -2.48. The van der Waals surface area contributed by atoms with E-state index in [4.69, 9.17) is 10.7 Å². The summed E-state index contributed by atoms with van der Waals surface area (Å²) in [6.07, 6.45) is 8.51. The van der Waals surface area contributed by atoms with E-state index in [0.29, 0.717) is 5.95 Å². The Hall–Kier alpha value is -2.54. The highest BCUT2D eigenvalue weighted by atomic mass is 16.1. The van der Waals surface area contributed by atoms with E-state index < -0.39 is 5.54 Å². The molecule has 7 nitrogen and oxygen atoms in total. The first-order valence-corrected chi connectivity index (χ1v) is 9.73. The van der Waals surface area contributed by atoms with Crippen molar-refractivity contribution in [1.82, 2.24) is 19.9 Å². The fourth-order valence-electron chi connectivity index (χ4n) is 4.27. The number of carbonyl (C=O) groups excluding carboxylic acids is 1. The zero-order valence-corrected chi connectivity index (χ0v) is 15.5. The molecule has 7 heteroatoms. The fraction of sp³-hybridized carbons (Fsp3) is 0.500. The van der Waals surface area contributed by atoms with E-state index >= 15 is 0 Å². The van der Waals surface area contributed by atoms with E-state index in [2.05, 4.69) is 19.8 Å². The average molecular weight is 366 g/mol. The Morgan fingerprint density at radius 3 is 2.37 bits per heavy atom. The maximum Gasteiger partial charge on any atom is 0.238 e. The van der Waals surface area contributed by atoms with Crippen LogP contribution in [0.15, 0.2) is 36.7 Å². The summed E-state index contributed by atoms with van der Waals surface area (Å²) in [5, 5.41) is 0. The molecule has 2 saturated heterocycles. The Morgan fingerprint density at radius 2 is 1.70 bits per heavy atom. The number of amides is 1. The number of hydrogen-bond acceptors (Lipinski definition) is 6. The molecule has 2 fully saturated rings. The molecule has 4 heterocycles. The standard InChI is InChI=1S/C20H26N6O/c21-18(27)20(26-12-4-1-5-13-26)8-14-25(15-9-20)19-23-11-7-17(24-19)16-6-2-3-10-22-16/h2-3,6-7,10-11H,1,4-5,8-9,12-15H2,(H2,21,27). The molecule has 0 bridgehead atoms. The van der Waals surface area contributed by atoms with Crippen LogP contribution < -0.4 is 10.6 Å². The van der Waals surface area contributed by atoms with Crippen molar-refractivity contribution in [1.29, 1.82) is 0 Å². The number of nitrogens with zero attached hydrogens (tertiary/aromatic N) is 5. The fourth-order valence-corrected chi connectivity index (χ4v) is 4.27. The average Bonchev–Trinajstić information content (AvgIpc) is 2.75. The zero-order valence-electron chi connectivity index (χ0n) is 15.5. The van der Waals surface area contributed by atoms with Crippen molar-refractivity contribution >= 4 is 11.9 Å². The molecule has 0 radical (unpaired) electrons. The van der Waals surface area contributed by atoms with Crippen LogP contribution in [0.4, 0.5) is 5.95 Å². The number of hydrogen-bond donors (Lipinski definition) is 1. The van der Waals surface area contributed by atoms with Crippen LogP contribution in [0.3, 0.4) is 0 Å². The Labute approximate surface area is 159 Å². The van der Waals surface area contributed by atoms with Gasteiger partial charge in [-0.2, -0.15) is 0 Å². The van der Waals surface area contributed by atoms with E-state index in [1.807, 2.05) is 24.3 Å². The van der Waals surface area contributed by atoms with Gasteiger partial charge in [-0.05, 0) is 57.0 Å². The third-order valence-electron chi connectivity index (χ3n) is 5.86. The van der Waals surface area contributed by atoms with Crippen molar-refractivity contribution in [2.75, 3.05) is 31.1 Å². The second kappa shape index (κ2) is 7.60. The predicted molar refractivity (Wildman–Crippen MR) is 104 cm³/mol. The first-order valence-electron chi connectivity index (χ1n) is 9.73. The van der Waals surface area contributed by atoms with Gasteiger partial charge in [0.2, 0.25) is 11.9 Å². The summed E-state index contributed by atoms with van der Waals surface area (Å²) in [5.74, 6) is 0.502. The topological polar surface area (TPSA) is 88.2 Å². The van der Waals surface area contributed by atoms with Crippen LogP contribution in [-0.4, -0.2) is 57.5 Å². The lowest BCUT2D eigenvalue weighted by Crippen LogP contribution is -2.63. The molecule has 0 atom stereocenters. The highest BCUT2D eigenvalue weighted by Gasteiger charge is 2.45. The molecular weight excluding hydrogens is 340 g/mol. The van der Waals surface area contributed by atoms with Crippen molar-refractivity contribution in [2.45, 2.75) is 37.6 Å². The van der Waals surface area contributed by atoms with E-state index in [9.17, 15) is 4.79 Å². The van der Waals surface area contributed by atoms with Crippen LogP contribution in [-0.2, 0) is 4.79 Å². The van der Waals surface area contributed by atoms with Crippen molar-refractivity contribution in [2.24, 2.45) is 5.73 Å². The van der Waals surface area contributed by atoms with Crippen LogP contribution in [0, 0.1) is 0 Å².